The average Bonchev–Trinajstić information content (AvgIpc) is 2.71. The lowest BCUT2D eigenvalue weighted by atomic mass is 10.1. The first-order valence-electron chi connectivity index (χ1n) is 6.08. The fourth-order valence-corrected chi connectivity index (χ4v) is 1.59. The molecule has 1 heterocycles. The second-order valence-electron chi connectivity index (χ2n) is 3.91. The predicted molar refractivity (Wildman–Crippen MR) is 64.0 cm³/mol. The number of aromatic nitrogens is 2. The molecule has 0 unspecified atom stereocenters. The minimum atomic E-state index is 0.970. The Hall–Kier alpha value is -0.830. The van der Waals surface area contributed by atoms with Crippen LogP contribution in [0.25, 0.3) is 0 Å². The molecule has 0 aromatic carbocycles. The first-order chi connectivity index (χ1) is 7.36. The fourth-order valence-electron chi connectivity index (χ4n) is 1.59. The molecule has 1 aromatic rings. The number of unbranched alkanes of at least 4 members (excludes halogenated alkanes) is 1. The normalized spacial score (nSPS) is 10.8. The van der Waals surface area contributed by atoms with Gasteiger partial charge in [-0.1, -0.05) is 6.92 Å². The Kier molecular flexibility index (Phi) is 6.09. The topological polar surface area (TPSA) is 29.9 Å². The molecule has 0 bridgehead atoms. The predicted octanol–water partition coefficient (Wildman–Crippen LogP) is 2.23. The van der Waals surface area contributed by atoms with Gasteiger partial charge < -0.3 is 5.32 Å². The molecule has 86 valence electrons. The molecule has 1 rings (SSSR count). The van der Waals surface area contributed by atoms with Gasteiger partial charge in [0.2, 0.25) is 0 Å². The molecule has 0 spiro atoms. The quantitative estimate of drug-likeness (QED) is 0.665. The third-order valence-electron chi connectivity index (χ3n) is 2.51. The minimum Gasteiger partial charge on any atom is -0.317 e. The van der Waals surface area contributed by atoms with E-state index in [2.05, 4.69) is 30.5 Å². The van der Waals surface area contributed by atoms with Gasteiger partial charge in [0.05, 0.1) is 6.20 Å². The van der Waals surface area contributed by atoms with Gasteiger partial charge in [0.15, 0.2) is 0 Å². The van der Waals surface area contributed by atoms with Crippen molar-refractivity contribution in [3.8, 4) is 0 Å². The molecule has 3 heteroatoms. The monoisotopic (exact) mass is 209 g/mol. The Labute approximate surface area is 92.9 Å². The molecular weight excluding hydrogens is 186 g/mol. The Balaban J connectivity index is 2.04. The fraction of sp³-hybridized carbons (Fsp3) is 0.750. The molecule has 0 atom stereocenters. The highest BCUT2D eigenvalue weighted by Gasteiger charge is 1.96. The summed E-state index contributed by atoms with van der Waals surface area (Å²) in [6.45, 7) is 7.58. The Morgan fingerprint density at radius 2 is 2.13 bits per heavy atom. The molecule has 0 radical (unpaired) electrons. The first-order valence-corrected chi connectivity index (χ1v) is 6.08. The summed E-state index contributed by atoms with van der Waals surface area (Å²) in [5.41, 5.74) is 1.37. The summed E-state index contributed by atoms with van der Waals surface area (Å²) in [5.74, 6) is 0. The average molecular weight is 209 g/mol. The van der Waals surface area contributed by atoms with Crippen LogP contribution in [0.1, 0.15) is 38.7 Å². The molecule has 0 aliphatic rings. The Morgan fingerprint density at radius 3 is 2.80 bits per heavy atom. The van der Waals surface area contributed by atoms with Crippen molar-refractivity contribution in [1.29, 1.82) is 0 Å². The highest BCUT2D eigenvalue weighted by Crippen LogP contribution is 2.03. The minimum absolute atomic E-state index is 0.970. The van der Waals surface area contributed by atoms with Crippen LogP contribution in [0.2, 0.25) is 0 Å². The van der Waals surface area contributed by atoms with Gasteiger partial charge in [0, 0.05) is 12.7 Å². The van der Waals surface area contributed by atoms with Crippen molar-refractivity contribution in [1.82, 2.24) is 15.1 Å². The summed E-state index contributed by atoms with van der Waals surface area (Å²) >= 11 is 0. The molecular formula is C12H23N3. The van der Waals surface area contributed by atoms with E-state index in [1.54, 1.807) is 0 Å². The van der Waals surface area contributed by atoms with Crippen LogP contribution in [0.3, 0.4) is 0 Å². The van der Waals surface area contributed by atoms with Crippen LogP contribution in [0.5, 0.6) is 0 Å². The van der Waals surface area contributed by atoms with Gasteiger partial charge >= 0.3 is 0 Å². The van der Waals surface area contributed by atoms with E-state index in [4.69, 9.17) is 0 Å². The third-order valence-corrected chi connectivity index (χ3v) is 2.51. The van der Waals surface area contributed by atoms with Gasteiger partial charge in [-0.25, -0.2) is 0 Å². The summed E-state index contributed by atoms with van der Waals surface area (Å²) in [4.78, 5) is 0. The molecule has 1 N–H and O–H groups in total. The van der Waals surface area contributed by atoms with Crippen LogP contribution in [0.4, 0.5) is 0 Å². The summed E-state index contributed by atoms with van der Waals surface area (Å²) in [5, 5.41) is 7.68. The molecule has 0 saturated heterocycles. The maximum Gasteiger partial charge on any atom is 0.0521 e. The molecule has 0 aliphatic heterocycles. The third kappa shape index (κ3) is 4.98. The van der Waals surface area contributed by atoms with Crippen LogP contribution in [0.15, 0.2) is 12.4 Å². The van der Waals surface area contributed by atoms with Crippen LogP contribution in [-0.4, -0.2) is 22.9 Å². The second kappa shape index (κ2) is 7.46. The van der Waals surface area contributed by atoms with Crippen molar-refractivity contribution >= 4 is 0 Å². The number of nitrogens with zero attached hydrogens (tertiary/aromatic N) is 2. The lowest BCUT2D eigenvalue weighted by Gasteiger charge is -2.01. The number of rotatable bonds is 8. The van der Waals surface area contributed by atoms with E-state index in [-0.39, 0.29) is 0 Å². The number of nitrogens with one attached hydrogen (secondary N) is 1. The molecule has 3 nitrogen and oxygen atoms in total. The van der Waals surface area contributed by atoms with Gasteiger partial charge in [-0.3, -0.25) is 4.68 Å². The van der Waals surface area contributed by atoms with Crippen LogP contribution in [-0.2, 0) is 13.0 Å². The van der Waals surface area contributed by atoms with Crippen molar-refractivity contribution < 1.29 is 0 Å². The zero-order valence-electron chi connectivity index (χ0n) is 10.00. The molecule has 0 fully saturated rings. The number of hydrogen-bond donors (Lipinski definition) is 1. The Bertz CT molecular complexity index is 255. The van der Waals surface area contributed by atoms with E-state index in [0.29, 0.717) is 0 Å². The van der Waals surface area contributed by atoms with E-state index in [0.717, 1.165) is 26.1 Å². The van der Waals surface area contributed by atoms with Crippen molar-refractivity contribution in [3.05, 3.63) is 18.0 Å². The van der Waals surface area contributed by atoms with Gasteiger partial charge in [-0.2, -0.15) is 5.10 Å². The molecule has 0 aliphatic carbocycles. The molecule has 0 saturated carbocycles. The van der Waals surface area contributed by atoms with Crippen LogP contribution < -0.4 is 5.32 Å². The van der Waals surface area contributed by atoms with Gasteiger partial charge in [0.25, 0.3) is 0 Å². The largest absolute Gasteiger partial charge is 0.317 e. The zero-order chi connectivity index (χ0) is 10.9. The summed E-state index contributed by atoms with van der Waals surface area (Å²) in [6, 6.07) is 0. The van der Waals surface area contributed by atoms with E-state index < -0.39 is 0 Å². The SMILES string of the molecule is CCCNCCCCc1cnn(CC)c1. The van der Waals surface area contributed by atoms with Crippen molar-refractivity contribution in [2.24, 2.45) is 0 Å². The van der Waals surface area contributed by atoms with Crippen LogP contribution >= 0.6 is 0 Å². The number of hydrogen-bond acceptors (Lipinski definition) is 2. The van der Waals surface area contributed by atoms with Crippen molar-refractivity contribution in [2.75, 3.05) is 13.1 Å². The van der Waals surface area contributed by atoms with E-state index in [1.165, 1.54) is 24.8 Å². The number of aryl methyl sites for hydroxylation is 2. The standard InChI is InChI=1S/C12H23N3/c1-3-8-13-9-6-5-7-12-10-14-15(4-2)11-12/h10-11,13H,3-9H2,1-2H3. The van der Waals surface area contributed by atoms with Gasteiger partial charge in [0.1, 0.15) is 0 Å². The second-order valence-corrected chi connectivity index (χ2v) is 3.91. The molecule has 15 heavy (non-hydrogen) atoms. The van der Waals surface area contributed by atoms with Gasteiger partial charge in [-0.15, -0.1) is 0 Å². The van der Waals surface area contributed by atoms with Crippen LogP contribution in [0, 0.1) is 0 Å². The summed E-state index contributed by atoms with van der Waals surface area (Å²) in [7, 11) is 0. The van der Waals surface area contributed by atoms with E-state index in [9.17, 15) is 0 Å². The maximum absolute atomic E-state index is 4.26. The maximum atomic E-state index is 4.26. The lowest BCUT2D eigenvalue weighted by molar-refractivity contribution is 0.616. The van der Waals surface area contributed by atoms with Crippen molar-refractivity contribution in [3.63, 3.8) is 0 Å². The summed E-state index contributed by atoms with van der Waals surface area (Å²) in [6.07, 6.45) is 9.04. The highest BCUT2D eigenvalue weighted by atomic mass is 15.3. The van der Waals surface area contributed by atoms with E-state index >= 15 is 0 Å². The smallest absolute Gasteiger partial charge is 0.0521 e. The van der Waals surface area contributed by atoms with Gasteiger partial charge in [-0.05, 0) is 51.3 Å². The first kappa shape index (κ1) is 12.2. The molecule has 1 aromatic heterocycles. The van der Waals surface area contributed by atoms with Crippen molar-refractivity contribution in [2.45, 2.75) is 46.1 Å². The lowest BCUT2D eigenvalue weighted by Crippen LogP contribution is -2.15. The zero-order valence-corrected chi connectivity index (χ0v) is 10.00. The van der Waals surface area contributed by atoms with E-state index in [1.807, 2.05) is 10.9 Å². The summed E-state index contributed by atoms with van der Waals surface area (Å²) < 4.78 is 1.99. The molecule has 0 amide bonds. The Morgan fingerprint density at radius 1 is 1.27 bits per heavy atom. The highest BCUT2D eigenvalue weighted by molar-refractivity contribution is 5.03.